The lowest BCUT2D eigenvalue weighted by Gasteiger charge is -2.32. The highest BCUT2D eigenvalue weighted by atomic mass is 16.3. The van der Waals surface area contributed by atoms with E-state index in [9.17, 15) is 10.2 Å². The smallest absolute Gasteiger partial charge is 0.122 e. The van der Waals surface area contributed by atoms with Crippen LogP contribution in [-0.4, -0.2) is 10.2 Å². The third-order valence-electron chi connectivity index (χ3n) is 7.71. The van der Waals surface area contributed by atoms with Crippen LogP contribution in [0, 0.1) is 6.92 Å². The van der Waals surface area contributed by atoms with E-state index in [1.807, 2.05) is 37.3 Å². The molecule has 0 saturated carbocycles. The number of phenols is 2. The molecule has 2 nitrogen and oxygen atoms in total. The van der Waals surface area contributed by atoms with Crippen LogP contribution in [0.3, 0.4) is 0 Å². The molecule has 2 heteroatoms. The average Bonchev–Trinajstić information content (AvgIpc) is 2.86. The minimum absolute atomic E-state index is 0.0883. The van der Waals surface area contributed by atoms with E-state index in [4.69, 9.17) is 0 Å². The fourth-order valence-electron chi connectivity index (χ4n) is 4.93. The molecule has 0 spiro atoms. The zero-order valence-corrected chi connectivity index (χ0v) is 21.6. The van der Waals surface area contributed by atoms with E-state index in [-0.39, 0.29) is 22.5 Å². The Morgan fingerprint density at radius 1 is 0.600 bits per heavy atom. The Kier molecular flexibility index (Phi) is 6.51. The van der Waals surface area contributed by atoms with Crippen molar-refractivity contribution < 1.29 is 10.2 Å². The van der Waals surface area contributed by atoms with Crippen molar-refractivity contribution in [3.05, 3.63) is 130 Å². The van der Waals surface area contributed by atoms with Crippen LogP contribution in [0.4, 0.5) is 0 Å². The highest BCUT2D eigenvalue weighted by Gasteiger charge is 2.29. The van der Waals surface area contributed by atoms with E-state index in [0.29, 0.717) is 5.75 Å². The lowest BCUT2D eigenvalue weighted by molar-refractivity contribution is 0.460. The molecule has 4 rings (SSSR count). The number of phenolic OH excluding ortho intramolecular Hbond substituents is 2. The summed E-state index contributed by atoms with van der Waals surface area (Å²) in [5.74, 6) is 0.746. The molecule has 1 atom stereocenters. The molecule has 0 heterocycles. The van der Waals surface area contributed by atoms with Gasteiger partial charge >= 0.3 is 0 Å². The van der Waals surface area contributed by atoms with E-state index in [0.717, 1.165) is 16.7 Å². The lowest BCUT2D eigenvalue weighted by atomic mass is 9.72. The zero-order chi connectivity index (χ0) is 25.4. The summed E-state index contributed by atoms with van der Waals surface area (Å²) < 4.78 is 0. The molecule has 0 amide bonds. The van der Waals surface area contributed by atoms with Gasteiger partial charge < -0.3 is 10.2 Å². The molecule has 4 aromatic rings. The first kappa shape index (κ1) is 24.6. The lowest BCUT2D eigenvalue weighted by Crippen LogP contribution is -2.23. The van der Waals surface area contributed by atoms with Crippen LogP contribution in [0.2, 0.25) is 0 Å². The second-order valence-corrected chi connectivity index (χ2v) is 10.7. The van der Waals surface area contributed by atoms with Crippen LogP contribution in [-0.2, 0) is 10.8 Å². The van der Waals surface area contributed by atoms with Gasteiger partial charge in [-0.15, -0.1) is 0 Å². The first-order valence-electron chi connectivity index (χ1n) is 12.3. The van der Waals surface area contributed by atoms with Gasteiger partial charge in [0.05, 0.1) is 0 Å². The average molecular weight is 465 g/mol. The van der Waals surface area contributed by atoms with Crippen molar-refractivity contribution >= 4 is 0 Å². The second kappa shape index (κ2) is 9.26. The first-order chi connectivity index (χ1) is 16.5. The molecule has 180 valence electrons. The maximum atomic E-state index is 11.0. The summed E-state index contributed by atoms with van der Waals surface area (Å²) in [7, 11) is 0. The van der Waals surface area contributed by atoms with Gasteiger partial charge in [-0.3, -0.25) is 0 Å². The molecule has 0 aliphatic rings. The van der Waals surface area contributed by atoms with Crippen molar-refractivity contribution in [3.8, 4) is 11.5 Å². The van der Waals surface area contributed by atoms with Gasteiger partial charge in [-0.1, -0.05) is 113 Å². The quantitative estimate of drug-likeness (QED) is 0.302. The molecule has 0 bridgehead atoms. The fourth-order valence-corrected chi connectivity index (χ4v) is 4.93. The molecular formula is C33H36O2. The largest absolute Gasteiger partial charge is 0.508 e. The van der Waals surface area contributed by atoms with Gasteiger partial charge in [0.25, 0.3) is 0 Å². The van der Waals surface area contributed by atoms with E-state index in [1.165, 1.54) is 22.3 Å². The van der Waals surface area contributed by atoms with Crippen molar-refractivity contribution in [1.82, 2.24) is 0 Å². The molecule has 0 aliphatic heterocycles. The van der Waals surface area contributed by atoms with Gasteiger partial charge in [0, 0.05) is 22.3 Å². The monoisotopic (exact) mass is 464 g/mol. The maximum Gasteiger partial charge on any atom is 0.122 e. The van der Waals surface area contributed by atoms with Crippen LogP contribution >= 0.6 is 0 Å². The molecule has 0 aliphatic carbocycles. The summed E-state index contributed by atoms with van der Waals surface area (Å²) in [6, 6.07) is 30.9. The van der Waals surface area contributed by atoms with Gasteiger partial charge in [0.15, 0.2) is 0 Å². The van der Waals surface area contributed by atoms with Crippen molar-refractivity contribution in [2.24, 2.45) is 0 Å². The molecule has 0 aromatic heterocycles. The fraction of sp³-hybridized carbons (Fsp3) is 0.273. The van der Waals surface area contributed by atoms with Gasteiger partial charge in [0.1, 0.15) is 11.5 Å². The summed E-state index contributed by atoms with van der Waals surface area (Å²) >= 11 is 0. The Morgan fingerprint density at radius 2 is 1.17 bits per heavy atom. The minimum atomic E-state index is -0.259. The molecule has 35 heavy (non-hydrogen) atoms. The normalized spacial score (nSPS) is 13.0. The summed E-state index contributed by atoms with van der Waals surface area (Å²) in [4.78, 5) is 0. The molecule has 0 saturated heterocycles. The predicted octanol–water partition coefficient (Wildman–Crippen LogP) is 8.21. The Bertz CT molecular complexity index is 1320. The maximum absolute atomic E-state index is 11.0. The minimum Gasteiger partial charge on any atom is -0.508 e. The van der Waals surface area contributed by atoms with Gasteiger partial charge in [0.2, 0.25) is 0 Å². The van der Waals surface area contributed by atoms with Crippen LogP contribution in [0.15, 0.2) is 91.0 Å². The third-order valence-corrected chi connectivity index (χ3v) is 7.71. The van der Waals surface area contributed by atoms with Gasteiger partial charge in [-0.2, -0.15) is 0 Å². The molecule has 0 radical (unpaired) electrons. The topological polar surface area (TPSA) is 40.5 Å². The van der Waals surface area contributed by atoms with Crippen molar-refractivity contribution in [2.75, 3.05) is 0 Å². The van der Waals surface area contributed by atoms with E-state index in [1.54, 1.807) is 12.1 Å². The third kappa shape index (κ3) is 4.71. The summed E-state index contributed by atoms with van der Waals surface area (Å²) in [6.45, 7) is 13.1. The highest BCUT2D eigenvalue weighted by molar-refractivity contribution is 5.52. The standard InChI is InChI=1S/C33H36O2/c1-22-19-28(21-30(31(22)35)23(2)24-11-8-7-9-12-24)33(5,6)27-14-10-13-26(20-27)32(3,4)25-15-17-29(34)18-16-25/h7-21,23,34-35H,1-6H3. The Morgan fingerprint density at radius 3 is 1.77 bits per heavy atom. The summed E-state index contributed by atoms with van der Waals surface area (Å²) in [6.07, 6.45) is 0. The predicted molar refractivity (Wildman–Crippen MR) is 146 cm³/mol. The number of aryl methyl sites for hydroxylation is 1. The number of rotatable bonds is 6. The first-order valence-corrected chi connectivity index (χ1v) is 12.3. The Labute approximate surface area is 209 Å². The highest BCUT2D eigenvalue weighted by Crippen LogP contribution is 2.41. The molecule has 1 unspecified atom stereocenters. The summed E-state index contributed by atoms with van der Waals surface area (Å²) in [5.41, 5.74) is 7.37. The molecule has 0 fully saturated rings. The number of aromatic hydroxyl groups is 2. The van der Waals surface area contributed by atoms with Crippen LogP contribution in [0.1, 0.15) is 79.5 Å². The van der Waals surface area contributed by atoms with Gasteiger partial charge in [-0.05, 0) is 52.4 Å². The van der Waals surface area contributed by atoms with Crippen LogP contribution in [0.5, 0.6) is 11.5 Å². The van der Waals surface area contributed by atoms with Crippen LogP contribution in [0.25, 0.3) is 0 Å². The SMILES string of the molecule is Cc1cc(C(C)(C)c2cccc(C(C)(C)c3ccc(O)cc3)c2)cc(C(C)c2ccccc2)c1O. The zero-order valence-electron chi connectivity index (χ0n) is 21.6. The number of benzene rings is 4. The van der Waals surface area contributed by atoms with Crippen molar-refractivity contribution in [1.29, 1.82) is 0 Å². The van der Waals surface area contributed by atoms with E-state index < -0.39 is 0 Å². The van der Waals surface area contributed by atoms with Crippen molar-refractivity contribution in [3.63, 3.8) is 0 Å². The molecular weight excluding hydrogens is 428 g/mol. The Balaban J connectivity index is 1.76. The summed E-state index contributed by atoms with van der Waals surface area (Å²) in [5, 5.41) is 20.7. The Hall–Kier alpha value is -3.52. The number of hydrogen-bond donors (Lipinski definition) is 2. The number of hydrogen-bond acceptors (Lipinski definition) is 2. The van der Waals surface area contributed by atoms with Gasteiger partial charge in [-0.25, -0.2) is 0 Å². The van der Waals surface area contributed by atoms with E-state index in [2.05, 4.69) is 83.1 Å². The molecule has 2 N–H and O–H groups in total. The van der Waals surface area contributed by atoms with E-state index >= 15 is 0 Å². The van der Waals surface area contributed by atoms with Crippen LogP contribution < -0.4 is 0 Å². The van der Waals surface area contributed by atoms with Crippen molar-refractivity contribution in [2.45, 2.75) is 58.3 Å². The second-order valence-electron chi connectivity index (χ2n) is 10.7. The molecule has 4 aromatic carbocycles.